The summed E-state index contributed by atoms with van der Waals surface area (Å²) in [6.07, 6.45) is 0.215. The van der Waals surface area contributed by atoms with Crippen LogP contribution in [0.4, 0.5) is 4.39 Å². The molecule has 8 nitrogen and oxygen atoms in total. The van der Waals surface area contributed by atoms with Crippen molar-refractivity contribution in [3.8, 4) is 0 Å². The fourth-order valence-electron chi connectivity index (χ4n) is 2.77. The molecule has 1 amide bonds. The highest BCUT2D eigenvalue weighted by molar-refractivity contribution is 7.91. The Morgan fingerprint density at radius 2 is 2.19 bits per heavy atom. The topological polar surface area (TPSA) is 88.4 Å². The van der Waals surface area contributed by atoms with Crippen LogP contribution in [0.5, 0.6) is 0 Å². The summed E-state index contributed by atoms with van der Waals surface area (Å²) in [5.41, 5.74) is 0.143. The van der Waals surface area contributed by atoms with Crippen LogP contribution < -0.4 is 0 Å². The van der Waals surface area contributed by atoms with Crippen molar-refractivity contribution in [2.75, 3.05) is 20.6 Å². The molecule has 3 rings (SSSR count). The summed E-state index contributed by atoms with van der Waals surface area (Å²) in [4.78, 5) is 13.3. The zero-order valence-corrected chi connectivity index (χ0v) is 16.4. The highest BCUT2D eigenvalue weighted by Gasteiger charge is 2.41. The predicted octanol–water partition coefficient (Wildman–Crippen LogP) is 1.50. The highest BCUT2D eigenvalue weighted by atomic mass is 35.5. The van der Waals surface area contributed by atoms with Crippen molar-refractivity contribution in [1.29, 1.82) is 0 Å². The van der Waals surface area contributed by atoms with E-state index < -0.39 is 22.2 Å². The van der Waals surface area contributed by atoms with Gasteiger partial charge in [0.05, 0.1) is 17.1 Å². The maximum absolute atomic E-state index is 14.0. The molecule has 142 valence electrons. The van der Waals surface area contributed by atoms with Gasteiger partial charge in [-0.15, -0.1) is 16.4 Å². The van der Waals surface area contributed by atoms with E-state index in [4.69, 9.17) is 11.6 Å². The molecule has 2 aromatic heterocycles. The van der Waals surface area contributed by atoms with Gasteiger partial charge in [-0.3, -0.25) is 9.48 Å². The molecule has 26 heavy (non-hydrogen) atoms. The first-order valence-electron chi connectivity index (χ1n) is 7.71. The number of halogens is 2. The smallest absolute Gasteiger partial charge is 0.275 e. The lowest BCUT2D eigenvalue weighted by Gasteiger charge is -2.22. The number of carbonyl (C=O) groups excluding carboxylic acids is 1. The van der Waals surface area contributed by atoms with Crippen LogP contribution in [0.1, 0.15) is 16.9 Å². The van der Waals surface area contributed by atoms with Crippen LogP contribution in [-0.4, -0.2) is 71.4 Å². The first-order valence-corrected chi connectivity index (χ1v) is 10.3. The summed E-state index contributed by atoms with van der Waals surface area (Å²) < 4.78 is 42.5. The monoisotopic (exact) mass is 421 g/mol. The molecule has 0 unspecified atom stereocenters. The van der Waals surface area contributed by atoms with Gasteiger partial charge in [0.15, 0.2) is 5.69 Å². The van der Waals surface area contributed by atoms with E-state index in [9.17, 15) is 17.6 Å². The lowest BCUT2D eigenvalue weighted by Crippen LogP contribution is -2.38. The standard InChI is InChI=1S/C14H17ClFN5O3S2/c1-19(2)14(22)11-8-20(18-17-11)7-10-5-9(16)6-21(10)26(23,24)13-4-3-12(15)25-13/h3-4,8-10H,5-7H2,1-2H3/t9-,10-/m0/s1. The molecule has 0 radical (unpaired) electrons. The van der Waals surface area contributed by atoms with Gasteiger partial charge in [-0.1, -0.05) is 16.8 Å². The first kappa shape index (κ1) is 19.2. The minimum atomic E-state index is -3.85. The Labute approximate surface area is 159 Å². The summed E-state index contributed by atoms with van der Waals surface area (Å²) in [5.74, 6) is -0.316. The summed E-state index contributed by atoms with van der Waals surface area (Å²) in [7, 11) is -0.673. The van der Waals surface area contributed by atoms with Gasteiger partial charge >= 0.3 is 0 Å². The van der Waals surface area contributed by atoms with Gasteiger partial charge < -0.3 is 4.90 Å². The van der Waals surface area contributed by atoms with Crippen LogP contribution >= 0.6 is 22.9 Å². The molecule has 0 bridgehead atoms. The molecular formula is C14H17ClFN5O3S2. The number of carbonyl (C=O) groups is 1. The quantitative estimate of drug-likeness (QED) is 0.729. The van der Waals surface area contributed by atoms with Crippen molar-refractivity contribution in [3.05, 3.63) is 28.4 Å². The molecule has 0 aliphatic carbocycles. The molecule has 2 atom stereocenters. The number of hydrogen-bond donors (Lipinski definition) is 0. The van der Waals surface area contributed by atoms with E-state index in [1.165, 1.54) is 27.9 Å². The van der Waals surface area contributed by atoms with Crippen LogP contribution in [0.25, 0.3) is 0 Å². The second-order valence-electron chi connectivity index (χ2n) is 6.15. The fourth-order valence-corrected chi connectivity index (χ4v) is 6.04. The second kappa shape index (κ2) is 7.22. The van der Waals surface area contributed by atoms with Crippen molar-refractivity contribution in [3.63, 3.8) is 0 Å². The van der Waals surface area contributed by atoms with E-state index in [-0.39, 0.29) is 35.3 Å². The molecule has 1 aliphatic heterocycles. The molecule has 0 spiro atoms. The summed E-state index contributed by atoms with van der Waals surface area (Å²) in [6.45, 7) is -0.118. The molecule has 12 heteroatoms. The van der Waals surface area contributed by atoms with E-state index in [1.54, 1.807) is 14.1 Å². The summed E-state index contributed by atoms with van der Waals surface area (Å²) >= 11 is 6.76. The fraction of sp³-hybridized carbons (Fsp3) is 0.500. The van der Waals surface area contributed by atoms with E-state index >= 15 is 0 Å². The van der Waals surface area contributed by atoms with Crippen LogP contribution in [0.3, 0.4) is 0 Å². The SMILES string of the molecule is CN(C)C(=O)c1cn(C[C@@H]2C[C@H](F)CN2S(=O)(=O)c2ccc(Cl)s2)nn1. The summed E-state index contributed by atoms with van der Waals surface area (Å²) in [6, 6.07) is 2.28. The molecule has 2 aromatic rings. The van der Waals surface area contributed by atoms with Gasteiger partial charge in [0.1, 0.15) is 10.4 Å². The number of thiophene rings is 1. The number of rotatable bonds is 5. The second-order valence-corrected chi connectivity index (χ2v) is 9.98. The van der Waals surface area contributed by atoms with E-state index in [2.05, 4.69) is 10.3 Å². The lowest BCUT2D eigenvalue weighted by atomic mass is 10.2. The van der Waals surface area contributed by atoms with Crippen molar-refractivity contribution < 1.29 is 17.6 Å². The zero-order valence-electron chi connectivity index (χ0n) is 14.0. The van der Waals surface area contributed by atoms with Gasteiger partial charge in [-0.05, 0) is 18.6 Å². The lowest BCUT2D eigenvalue weighted by molar-refractivity contribution is 0.0822. The Hall–Kier alpha value is -1.56. The van der Waals surface area contributed by atoms with Gasteiger partial charge in [0.25, 0.3) is 15.9 Å². The number of aromatic nitrogens is 3. The molecule has 0 aromatic carbocycles. The molecule has 3 heterocycles. The molecule has 0 N–H and O–H groups in total. The van der Waals surface area contributed by atoms with Gasteiger partial charge in [-0.25, -0.2) is 12.8 Å². The summed E-state index contributed by atoms with van der Waals surface area (Å²) in [5, 5.41) is 7.65. The average Bonchev–Trinajstić information content (AvgIpc) is 3.27. The minimum absolute atomic E-state index is 0.0508. The van der Waals surface area contributed by atoms with Gasteiger partial charge in [0, 0.05) is 26.7 Å². The third-order valence-electron chi connectivity index (χ3n) is 3.99. The number of hydrogen-bond acceptors (Lipinski definition) is 6. The third kappa shape index (κ3) is 3.75. The van der Waals surface area contributed by atoms with E-state index in [1.807, 2.05) is 0 Å². The van der Waals surface area contributed by atoms with Crippen LogP contribution in [-0.2, 0) is 16.6 Å². The maximum Gasteiger partial charge on any atom is 0.275 e. The average molecular weight is 422 g/mol. The third-order valence-corrected chi connectivity index (χ3v) is 7.60. The van der Waals surface area contributed by atoms with Crippen molar-refractivity contribution in [2.45, 2.75) is 29.4 Å². The zero-order chi connectivity index (χ0) is 19.1. The number of sulfonamides is 1. The minimum Gasteiger partial charge on any atom is -0.343 e. The Morgan fingerprint density at radius 1 is 1.46 bits per heavy atom. The number of amides is 1. The number of alkyl halides is 1. The molecule has 1 aliphatic rings. The van der Waals surface area contributed by atoms with Crippen LogP contribution in [0.2, 0.25) is 4.34 Å². The largest absolute Gasteiger partial charge is 0.343 e. The highest BCUT2D eigenvalue weighted by Crippen LogP contribution is 2.33. The van der Waals surface area contributed by atoms with E-state index in [0.29, 0.717) is 4.34 Å². The van der Waals surface area contributed by atoms with Gasteiger partial charge in [-0.2, -0.15) is 4.31 Å². The Morgan fingerprint density at radius 3 is 2.81 bits per heavy atom. The Bertz CT molecular complexity index is 913. The Kier molecular flexibility index (Phi) is 5.33. The predicted molar refractivity (Wildman–Crippen MR) is 94.6 cm³/mol. The van der Waals surface area contributed by atoms with E-state index in [0.717, 1.165) is 15.6 Å². The Balaban J connectivity index is 1.81. The molecular weight excluding hydrogens is 405 g/mol. The maximum atomic E-state index is 14.0. The molecule has 1 saturated heterocycles. The number of nitrogens with zero attached hydrogens (tertiary/aromatic N) is 5. The van der Waals surface area contributed by atoms with Gasteiger partial charge in [0.2, 0.25) is 0 Å². The normalized spacial score (nSPS) is 21.2. The van der Waals surface area contributed by atoms with Crippen LogP contribution in [0, 0.1) is 0 Å². The molecule has 0 saturated carbocycles. The molecule has 1 fully saturated rings. The van der Waals surface area contributed by atoms with Crippen LogP contribution in [0.15, 0.2) is 22.5 Å². The van der Waals surface area contributed by atoms with Crippen molar-refractivity contribution >= 4 is 38.9 Å². The first-order chi connectivity index (χ1) is 12.2. The van der Waals surface area contributed by atoms with Crippen molar-refractivity contribution in [2.24, 2.45) is 0 Å². The van der Waals surface area contributed by atoms with Crippen molar-refractivity contribution in [1.82, 2.24) is 24.2 Å².